The highest BCUT2D eigenvalue weighted by Crippen LogP contribution is 2.11. The molecule has 3 heteroatoms. The summed E-state index contributed by atoms with van der Waals surface area (Å²) < 4.78 is 0. The average Bonchev–Trinajstić information content (AvgIpc) is 2.62. The van der Waals surface area contributed by atoms with Gasteiger partial charge in [0.1, 0.15) is 0 Å². The number of quaternary nitrogens is 1. The first-order valence-electron chi connectivity index (χ1n) is 11.8. The van der Waals surface area contributed by atoms with Crippen molar-refractivity contribution in [2.24, 2.45) is 0 Å². The lowest BCUT2D eigenvalue weighted by Crippen LogP contribution is -3.00. The Hall–Kier alpha value is 0.400. The lowest BCUT2D eigenvalue weighted by atomic mass is 10.1. The topological polar surface area (TPSA) is 36.8 Å². The van der Waals surface area contributed by atoms with Gasteiger partial charge in [-0.15, -0.1) is 0 Å². The molecule has 0 aromatic carbocycles. The molecule has 0 fully saturated rings. The molecule has 0 spiro atoms. The van der Waals surface area contributed by atoms with E-state index < -0.39 is 0 Å². The second-order valence-corrected chi connectivity index (χ2v) is 8.04. The number of hydrogen-bond donors (Lipinski definition) is 2. The molecule has 0 radical (unpaired) electrons. The van der Waals surface area contributed by atoms with Crippen LogP contribution in [0.3, 0.4) is 0 Å². The zero-order chi connectivity index (χ0) is 18.4. The van der Waals surface area contributed by atoms with Crippen LogP contribution in [0, 0.1) is 0 Å². The van der Waals surface area contributed by atoms with Crippen LogP contribution in [0.2, 0.25) is 0 Å². The number of halogens is 1. The fraction of sp³-hybridized carbons (Fsp3) is 1.00. The van der Waals surface area contributed by atoms with E-state index in [1.165, 1.54) is 116 Å². The van der Waals surface area contributed by atoms with E-state index in [2.05, 4.69) is 19.2 Å². The summed E-state index contributed by atoms with van der Waals surface area (Å²) in [6, 6.07) is 0. The molecule has 0 aliphatic carbocycles. The van der Waals surface area contributed by atoms with Crippen LogP contribution in [0.1, 0.15) is 136 Å². The molecule has 0 saturated heterocycles. The van der Waals surface area contributed by atoms with Crippen LogP contribution in [0.5, 0.6) is 0 Å². The number of unbranched alkanes of at least 4 members (excludes halogenated alkanes) is 16. The second kappa shape index (κ2) is 25.4. The summed E-state index contributed by atoms with van der Waals surface area (Å²) in [4.78, 5) is 0. The van der Waals surface area contributed by atoms with E-state index in [4.69, 9.17) is 0 Å². The van der Waals surface area contributed by atoms with Crippen LogP contribution in [0.4, 0.5) is 0 Å². The van der Waals surface area contributed by atoms with Crippen LogP contribution < -0.4 is 22.3 Å². The number of aliphatic hydroxyl groups excluding tert-OH is 1. The fourth-order valence-electron chi connectivity index (χ4n) is 3.55. The third-order valence-corrected chi connectivity index (χ3v) is 5.35. The first-order valence-corrected chi connectivity index (χ1v) is 11.8. The monoisotopic (exact) mass is 435 g/mol. The van der Waals surface area contributed by atoms with Crippen molar-refractivity contribution in [2.75, 3.05) is 6.54 Å². The van der Waals surface area contributed by atoms with Crippen molar-refractivity contribution in [3.05, 3.63) is 0 Å². The van der Waals surface area contributed by atoms with E-state index in [0.717, 1.165) is 13.0 Å². The van der Waals surface area contributed by atoms with Crippen molar-refractivity contribution < 1.29 is 27.4 Å². The minimum atomic E-state index is -0.154. The van der Waals surface area contributed by atoms with Gasteiger partial charge < -0.3 is 27.4 Å². The van der Waals surface area contributed by atoms with Crippen LogP contribution in [-0.2, 0) is 0 Å². The summed E-state index contributed by atoms with van der Waals surface area (Å²) in [6.45, 7) is 5.66. The Morgan fingerprint density at radius 3 is 1.31 bits per heavy atom. The molecule has 160 valence electrons. The molecule has 0 aromatic rings. The van der Waals surface area contributed by atoms with E-state index in [-0.39, 0.29) is 23.2 Å². The molecule has 1 unspecified atom stereocenters. The van der Waals surface area contributed by atoms with E-state index >= 15 is 0 Å². The predicted molar refractivity (Wildman–Crippen MR) is 112 cm³/mol. The molecule has 0 saturated carbocycles. The number of nitrogens with two attached hydrogens (primary N) is 1. The summed E-state index contributed by atoms with van der Waals surface area (Å²) in [5.41, 5.74) is 0. The summed E-state index contributed by atoms with van der Waals surface area (Å²) in [6.07, 6.45) is 25.5. The van der Waals surface area contributed by atoms with Crippen molar-refractivity contribution in [2.45, 2.75) is 142 Å². The van der Waals surface area contributed by atoms with Gasteiger partial charge in [-0.05, 0) is 19.3 Å². The lowest BCUT2D eigenvalue weighted by Gasteiger charge is -2.09. The molecule has 0 aromatic heterocycles. The van der Waals surface area contributed by atoms with Gasteiger partial charge >= 0.3 is 0 Å². The van der Waals surface area contributed by atoms with Gasteiger partial charge in [-0.25, -0.2) is 0 Å². The molecule has 0 amide bonds. The van der Waals surface area contributed by atoms with Gasteiger partial charge in [-0.2, -0.15) is 0 Å². The maximum atomic E-state index is 10.00. The third-order valence-electron chi connectivity index (χ3n) is 5.35. The molecular weight excluding hydrogens is 386 g/mol. The van der Waals surface area contributed by atoms with Gasteiger partial charge in [0, 0.05) is 6.42 Å². The Kier molecular flexibility index (Phi) is 27.9. The minimum absolute atomic E-state index is 0. The molecule has 1 atom stereocenters. The van der Waals surface area contributed by atoms with Gasteiger partial charge in [0.25, 0.3) is 0 Å². The largest absolute Gasteiger partial charge is 1.00 e. The Balaban J connectivity index is 0. The normalized spacial score (nSPS) is 12.1. The van der Waals surface area contributed by atoms with Gasteiger partial charge in [0.05, 0.1) is 6.54 Å². The Bertz CT molecular complexity index is 238. The minimum Gasteiger partial charge on any atom is -1.00 e. The molecule has 0 rings (SSSR count). The molecule has 0 heterocycles. The first-order chi connectivity index (χ1) is 12.3. The van der Waals surface area contributed by atoms with Gasteiger partial charge in [-0.3, -0.25) is 0 Å². The lowest BCUT2D eigenvalue weighted by molar-refractivity contribution is -0.725. The highest BCUT2D eigenvalue weighted by atomic mass is 79.9. The third kappa shape index (κ3) is 24.4. The number of aliphatic hydroxyl groups is 1. The Morgan fingerprint density at radius 1 is 0.538 bits per heavy atom. The number of hydrogen-bond acceptors (Lipinski definition) is 1. The van der Waals surface area contributed by atoms with Gasteiger partial charge in [0.15, 0.2) is 6.23 Å². The maximum Gasteiger partial charge on any atom is 0.187 e. The fourth-order valence-corrected chi connectivity index (χ4v) is 3.55. The van der Waals surface area contributed by atoms with Crippen LogP contribution in [0.15, 0.2) is 0 Å². The quantitative estimate of drug-likeness (QED) is 0.210. The molecule has 3 N–H and O–H groups in total. The highest BCUT2D eigenvalue weighted by Gasteiger charge is 2.05. The summed E-state index contributed by atoms with van der Waals surface area (Å²) in [5.74, 6) is 0. The molecule has 0 aliphatic heterocycles. The van der Waals surface area contributed by atoms with Crippen LogP contribution in [0.25, 0.3) is 0 Å². The van der Waals surface area contributed by atoms with Crippen molar-refractivity contribution in [3.63, 3.8) is 0 Å². The standard InChI is InChI=1S/C23H49NO.BrH/c1-3-5-7-9-11-12-13-14-16-18-20-22-24-23(25)21-19-17-15-10-8-6-4-2;/h23-25H,3-22H2,1-2H3;1H. The Labute approximate surface area is 176 Å². The number of rotatable bonds is 21. The Morgan fingerprint density at radius 2 is 0.885 bits per heavy atom. The second-order valence-electron chi connectivity index (χ2n) is 8.04. The van der Waals surface area contributed by atoms with E-state index in [1.54, 1.807) is 0 Å². The molecule has 26 heavy (non-hydrogen) atoms. The van der Waals surface area contributed by atoms with E-state index in [9.17, 15) is 5.11 Å². The van der Waals surface area contributed by atoms with E-state index in [1.807, 2.05) is 0 Å². The zero-order valence-corrected chi connectivity index (χ0v) is 19.7. The van der Waals surface area contributed by atoms with Crippen molar-refractivity contribution in [1.82, 2.24) is 0 Å². The average molecular weight is 437 g/mol. The molecular formula is C23H50BrNO. The molecule has 0 aliphatic rings. The van der Waals surface area contributed by atoms with Gasteiger partial charge in [0.2, 0.25) is 0 Å². The smallest absolute Gasteiger partial charge is 0.187 e. The van der Waals surface area contributed by atoms with Gasteiger partial charge in [-0.1, -0.05) is 110 Å². The van der Waals surface area contributed by atoms with Crippen molar-refractivity contribution >= 4 is 0 Å². The summed E-state index contributed by atoms with van der Waals surface area (Å²) >= 11 is 0. The van der Waals surface area contributed by atoms with Crippen LogP contribution >= 0.6 is 0 Å². The SMILES string of the molecule is CCCCCCCCCCCCC[NH2+]C(O)CCCCCCCCC.[Br-]. The van der Waals surface area contributed by atoms with Crippen molar-refractivity contribution in [1.29, 1.82) is 0 Å². The highest BCUT2D eigenvalue weighted by molar-refractivity contribution is 4.49. The predicted octanol–water partition coefficient (Wildman–Crippen LogP) is 3.32. The molecule has 0 bridgehead atoms. The first kappa shape index (κ1) is 28.6. The zero-order valence-electron chi connectivity index (χ0n) is 18.1. The summed E-state index contributed by atoms with van der Waals surface area (Å²) in [5, 5.41) is 12.2. The van der Waals surface area contributed by atoms with E-state index in [0.29, 0.717) is 0 Å². The summed E-state index contributed by atoms with van der Waals surface area (Å²) in [7, 11) is 0. The van der Waals surface area contributed by atoms with Crippen molar-refractivity contribution in [3.8, 4) is 0 Å². The molecule has 2 nitrogen and oxygen atoms in total. The van der Waals surface area contributed by atoms with Crippen LogP contribution in [-0.4, -0.2) is 17.9 Å². The maximum absolute atomic E-state index is 10.00.